The third-order valence-electron chi connectivity index (χ3n) is 2.12. The molecule has 0 radical (unpaired) electrons. The second-order valence-electron chi connectivity index (χ2n) is 3.14. The van der Waals surface area contributed by atoms with Gasteiger partial charge in [-0.25, -0.2) is 0 Å². The summed E-state index contributed by atoms with van der Waals surface area (Å²) >= 11 is 1.60. The van der Waals surface area contributed by atoms with E-state index in [0.717, 1.165) is 10.6 Å². The summed E-state index contributed by atoms with van der Waals surface area (Å²) in [7, 11) is 0. The molecule has 0 aliphatic carbocycles. The van der Waals surface area contributed by atoms with Gasteiger partial charge in [0, 0.05) is 11.1 Å². The lowest BCUT2D eigenvalue weighted by molar-refractivity contribution is 0.102. The molecule has 0 atom stereocenters. The highest BCUT2D eigenvalue weighted by molar-refractivity contribution is 7.98. The van der Waals surface area contributed by atoms with Gasteiger partial charge in [0.1, 0.15) is 0 Å². The second-order valence-corrected chi connectivity index (χ2v) is 3.99. The van der Waals surface area contributed by atoms with Crippen LogP contribution >= 0.6 is 11.8 Å². The fraction of sp³-hybridized carbons (Fsp3) is 0.0909. The van der Waals surface area contributed by atoms with Gasteiger partial charge in [-0.3, -0.25) is 9.89 Å². The summed E-state index contributed by atoms with van der Waals surface area (Å²) in [5, 5.41) is 9.19. The molecule has 1 aromatic heterocycles. The van der Waals surface area contributed by atoms with Gasteiger partial charge in [-0.1, -0.05) is 12.1 Å². The van der Waals surface area contributed by atoms with E-state index >= 15 is 0 Å². The maximum atomic E-state index is 11.8. The van der Waals surface area contributed by atoms with Crippen LogP contribution in [0.15, 0.2) is 41.6 Å². The number of carbonyl (C=O) groups is 1. The number of hydrogen-bond donors (Lipinski definition) is 2. The predicted molar refractivity (Wildman–Crippen MR) is 64.8 cm³/mol. The predicted octanol–water partition coefficient (Wildman–Crippen LogP) is 2.38. The van der Waals surface area contributed by atoms with Crippen molar-refractivity contribution in [3.63, 3.8) is 0 Å². The molecule has 16 heavy (non-hydrogen) atoms. The number of anilines is 1. The van der Waals surface area contributed by atoms with Crippen molar-refractivity contribution < 1.29 is 4.79 Å². The van der Waals surface area contributed by atoms with Gasteiger partial charge >= 0.3 is 0 Å². The van der Waals surface area contributed by atoms with E-state index in [1.807, 2.05) is 30.5 Å². The lowest BCUT2D eigenvalue weighted by atomic mass is 10.3. The maximum absolute atomic E-state index is 11.8. The number of aromatic nitrogens is 2. The van der Waals surface area contributed by atoms with Crippen LogP contribution in [0, 0.1) is 0 Å². The van der Waals surface area contributed by atoms with Gasteiger partial charge in [0.15, 0.2) is 0 Å². The third-order valence-corrected chi connectivity index (χ3v) is 2.91. The van der Waals surface area contributed by atoms with Crippen LogP contribution in [-0.2, 0) is 0 Å². The molecule has 2 rings (SSSR count). The lowest BCUT2D eigenvalue weighted by Crippen LogP contribution is -2.11. The molecule has 0 aliphatic heterocycles. The van der Waals surface area contributed by atoms with Crippen molar-refractivity contribution in [1.29, 1.82) is 0 Å². The Hall–Kier alpha value is -1.75. The molecule has 1 aromatic carbocycles. The first-order valence-corrected chi connectivity index (χ1v) is 5.97. The summed E-state index contributed by atoms with van der Waals surface area (Å²) in [5.41, 5.74) is 1.34. The van der Waals surface area contributed by atoms with Gasteiger partial charge in [-0.05, 0) is 18.4 Å². The molecule has 0 saturated heterocycles. The summed E-state index contributed by atoms with van der Waals surface area (Å²) in [6.07, 6.45) is 5.04. The number of thioether (sulfide) groups is 1. The number of amides is 1. The van der Waals surface area contributed by atoms with Crippen LogP contribution in [0.1, 0.15) is 10.4 Å². The highest BCUT2D eigenvalue weighted by Crippen LogP contribution is 2.24. The van der Waals surface area contributed by atoms with E-state index in [9.17, 15) is 4.79 Å². The van der Waals surface area contributed by atoms with Gasteiger partial charge in [0.05, 0.1) is 17.4 Å². The van der Waals surface area contributed by atoms with Crippen molar-refractivity contribution in [1.82, 2.24) is 10.2 Å². The van der Waals surface area contributed by atoms with Crippen molar-refractivity contribution in [2.45, 2.75) is 4.90 Å². The Morgan fingerprint density at radius 1 is 1.44 bits per heavy atom. The number of rotatable bonds is 3. The number of nitrogens with zero attached hydrogens (tertiary/aromatic N) is 1. The van der Waals surface area contributed by atoms with E-state index in [2.05, 4.69) is 15.5 Å². The SMILES string of the molecule is CSc1ccccc1NC(=O)c1cn[nH]c1. The first-order valence-electron chi connectivity index (χ1n) is 4.74. The number of benzene rings is 1. The van der Waals surface area contributed by atoms with E-state index in [-0.39, 0.29) is 5.91 Å². The van der Waals surface area contributed by atoms with Crippen molar-refractivity contribution >= 4 is 23.4 Å². The Morgan fingerprint density at radius 3 is 2.94 bits per heavy atom. The molecule has 2 aromatic rings. The topological polar surface area (TPSA) is 57.8 Å². The number of hydrogen-bond acceptors (Lipinski definition) is 3. The highest BCUT2D eigenvalue weighted by atomic mass is 32.2. The van der Waals surface area contributed by atoms with Gasteiger partial charge in [-0.2, -0.15) is 5.10 Å². The quantitative estimate of drug-likeness (QED) is 0.800. The van der Waals surface area contributed by atoms with Crippen molar-refractivity contribution in [2.75, 3.05) is 11.6 Å². The number of aromatic amines is 1. The van der Waals surface area contributed by atoms with Crippen molar-refractivity contribution in [3.8, 4) is 0 Å². The average molecular weight is 233 g/mol. The molecule has 0 saturated carbocycles. The highest BCUT2D eigenvalue weighted by Gasteiger charge is 2.08. The molecule has 2 N–H and O–H groups in total. The maximum Gasteiger partial charge on any atom is 0.258 e. The van der Waals surface area contributed by atoms with Crippen molar-refractivity contribution in [2.24, 2.45) is 0 Å². The molecular formula is C11H11N3OS. The Labute approximate surface area is 97.5 Å². The minimum Gasteiger partial charge on any atom is -0.321 e. The summed E-state index contributed by atoms with van der Waals surface area (Å²) in [4.78, 5) is 12.8. The minimum atomic E-state index is -0.157. The molecule has 0 spiro atoms. The average Bonchev–Trinajstić information content (AvgIpc) is 2.83. The number of carbonyl (C=O) groups excluding carboxylic acids is 1. The zero-order valence-corrected chi connectivity index (χ0v) is 9.54. The fourth-order valence-corrected chi connectivity index (χ4v) is 1.87. The van der Waals surface area contributed by atoms with Gasteiger partial charge < -0.3 is 5.32 Å². The third kappa shape index (κ3) is 2.25. The van der Waals surface area contributed by atoms with Crippen LogP contribution in [0.25, 0.3) is 0 Å². The summed E-state index contributed by atoms with van der Waals surface area (Å²) in [6.45, 7) is 0. The molecule has 0 unspecified atom stereocenters. The van der Waals surface area contributed by atoms with Gasteiger partial charge in [-0.15, -0.1) is 11.8 Å². The molecule has 0 aliphatic rings. The first kappa shape index (κ1) is 10.8. The fourth-order valence-electron chi connectivity index (χ4n) is 1.32. The number of H-pyrrole nitrogens is 1. The molecular weight excluding hydrogens is 222 g/mol. The molecule has 1 amide bonds. The Balaban J connectivity index is 2.18. The van der Waals surface area contributed by atoms with Gasteiger partial charge in [0.2, 0.25) is 0 Å². The van der Waals surface area contributed by atoms with Crippen LogP contribution in [0.4, 0.5) is 5.69 Å². The van der Waals surface area contributed by atoms with Gasteiger partial charge in [0.25, 0.3) is 5.91 Å². The van der Waals surface area contributed by atoms with E-state index < -0.39 is 0 Å². The smallest absolute Gasteiger partial charge is 0.258 e. The number of nitrogens with one attached hydrogen (secondary N) is 2. The largest absolute Gasteiger partial charge is 0.321 e. The first-order chi connectivity index (χ1) is 7.81. The zero-order valence-electron chi connectivity index (χ0n) is 8.73. The van der Waals surface area contributed by atoms with Crippen LogP contribution in [0.3, 0.4) is 0 Å². The zero-order chi connectivity index (χ0) is 11.4. The van der Waals surface area contributed by atoms with Crippen LogP contribution in [-0.4, -0.2) is 22.4 Å². The molecule has 5 heteroatoms. The standard InChI is InChI=1S/C11H11N3OS/c1-16-10-5-3-2-4-9(10)14-11(15)8-6-12-13-7-8/h2-7H,1H3,(H,12,13)(H,14,15). The molecule has 0 bridgehead atoms. The van der Waals surface area contributed by atoms with E-state index in [1.165, 1.54) is 6.20 Å². The summed E-state index contributed by atoms with van der Waals surface area (Å²) in [5.74, 6) is -0.157. The second kappa shape index (κ2) is 4.85. The van der Waals surface area contributed by atoms with E-state index in [4.69, 9.17) is 0 Å². The lowest BCUT2D eigenvalue weighted by Gasteiger charge is -2.07. The summed E-state index contributed by atoms with van der Waals surface area (Å²) in [6, 6.07) is 7.68. The monoisotopic (exact) mass is 233 g/mol. The van der Waals surface area contributed by atoms with Crippen LogP contribution in [0.5, 0.6) is 0 Å². The molecule has 82 valence electrons. The van der Waals surface area contributed by atoms with E-state index in [1.54, 1.807) is 18.0 Å². The Bertz CT molecular complexity index is 482. The molecule has 0 fully saturated rings. The minimum absolute atomic E-state index is 0.157. The van der Waals surface area contributed by atoms with Crippen LogP contribution < -0.4 is 5.32 Å². The van der Waals surface area contributed by atoms with Crippen LogP contribution in [0.2, 0.25) is 0 Å². The van der Waals surface area contributed by atoms with E-state index in [0.29, 0.717) is 5.56 Å². The van der Waals surface area contributed by atoms with Crippen molar-refractivity contribution in [3.05, 3.63) is 42.2 Å². The Kier molecular flexibility index (Phi) is 3.26. The molecule has 4 nitrogen and oxygen atoms in total. The normalized spacial score (nSPS) is 10.1. The summed E-state index contributed by atoms with van der Waals surface area (Å²) < 4.78 is 0. The number of para-hydroxylation sites is 1. The molecule has 1 heterocycles. The Morgan fingerprint density at radius 2 is 2.25 bits per heavy atom.